The van der Waals surface area contributed by atoms with Gasteiger partial charge in [-0.1, -0.05) is 0 Å². The van der Waals surface area contributed by atoms with E-state index < -0.39 is 0 Å². The number of hydrogen-bond acceptors (Lipinski definition) is 3. The van der Waals surface area contributed by atoms with Gasteiger partial charge in [0, 0.05) is 18.6 Å². The van der Waals surface area contributed by atoms with E-state index in [0.717, 1.165) is 6.54 Å². The van der Waals surface area contributed by atoms with Crippen LogP contribution in [-0.4, -0.2) is 24.4 Å². The highest BCUT2D eigenvalue weighted by atomic mass is 16.7. The normalized spacial score (nSPS) is 16.8. The molecule has 1 aliphatic rings. The van der Waals surface area contributed by atoms with Crippen molar-refractivity contribution in [3.05, 3.63) is 12.4 Å². The van der Waals surface area contributed by atoms with Gasteiger partial charge in [0.15, 0.2) is 0 Å². The SMILES string of the molecule is CCON1C=CN=CC1. The first kappa shape index (κ1) is 6.29. The van der Waals surface area contributed by atoms with Crippen LogP contribution in [0, 0.1) is 0 Å². The predicted molar refractivity (Wildman–Crippen MR) is 36.0 cm³/mol. The van der Waals surface area contributed by atoms with E-state index in [1.165, 1.54) is 0 Å². The van der Waals surface area contributed by atoms with Crippen molar-refractivity contribution in [2.24, 2.45) is 4.99 Å². The first-order valence-corrected chi connectivity index (χ1v) is 3.01. The van der Waals surface area contributed by atoms with E-state index in [0.29, 0.717) is 6.61 Å². The van der Waals surface area contributed by atoms with Gasteiger partial charge in [-0.3, -0.25) is 14.9 Å². The Morgan fingerprint density at radius 3 is 3.22 bits per heavy atom. The highest BCUT2D eigenvalue weighted by Gasteiger charge is 1.96. The second kappa shape index (κ2) is 3.25. The van der Waals surface area contributed by atoms with Gasteiger partial charge in [0.05, 0.1) is 13.2 Å². The largest absolute Gasteiger partial charge is 0.274 e. The number of aliphatic imine (C=N–C) groups is 1. The molecule has 0 aliphatic carbocycles. The lowest BCUT2D eigenvalue weighted by molar-refractivity contribution is -0.103. The summed E-state index contributed by atoms with van der Waals surface area (Å²) in [6, 6.07) is 0. The van der Waals surface area contributed by atoms with Gasteiger partial charge in [-0.2, -0.15) is 0 Å². The molecule has 0 spiro atoms. The molecule has 9 heavy (non-hydrogen) atoms. The molecule has 0 amide bonds. The van der Waals surface area contributed by atoms with Crippen LogP contribution in [-0.2, 0) is 4.84 Å². The highest BCUT2D eigenvalue weighted by Crippen LogP contribution is 1.94. The summed E-state index contributed by atoms with van der Waals surface area (Å²) in [5, 5.41) is 1.74. The molecule has 0 saturated heterocycles. The van der Waals surface area contributed by atoms with E-state index in [2.05, 4.69) is 4.99 Å². The molecule has 0 saturated carbocycles. The van der Waals surface area contributed by atoms with Crippen molar-refractivity contribution in [3.63, 3.8) is 0 Å². The van der Waals surface area contributed by atoms with Gasteiger partial charge in [-0.15, -0.1) is 0 Å². The van der Waals surface area contributed by atoms with Crippen molar-refractivity contribution < 1.29 is 4.84 Å². The number of nitrogens with zero attached hydrogens (tertiary/aromatic N) is 2. The summed E-state index contributed by atoms with van der Waals surface area (Å²) >= 11 is 0. The maximum Gasteiger partial charge on any atom is 0.0802 e. The van der Waals surface area contributed by atoms with Crippen molar-refractivity contribution >= 4 is 6.21 Å². The summed E-state index contributed by atoms with van der Waals surface area (Å²) < 4.78 is 0. The molecule has 0 unspecified atom stereocenters. The van der Waals surface area contributed by atoms with Crippen LogP contribution in [0.2, 0.25) is 0 Å². The lowest BCUT2D eigenvalue weighted by Gasteiger charge is -2.17. The van der Waals surface area contributed by atoms with E-state index in [1.807, 2.05) is 13.1 Å². The molecule has 0 radical (unpaired) electrons. The van der Waals surface area contributed by atoms with Gasteiger partial charge in [-0.05, 0) is 6.92 Å². The quantitative estimate of drug-likeness (QED) is 0.546. The third-order valence-electron chi connectivity index (χ3n) is 0.981. The molecule has 0 fully saturated rings. The molecule has 3 heteroatoms. The molecule has 0 aromatic heterocycles. The Labute approximate surface area is 54.6 Å². The van der Waals surface area contributed by atoms with Crippen molar-refractivity contribution in [2.45, 2.75) is 6.92 Å². The highest BCUT2D eigenvalue weighted by molar-refractivity contribution is 5.61. The molecule has 0 bridgehead atoms. The topological polar surface area (TPSA) is 24.8 Å². The van der Waals surface area contributed by atoms with Crippen LogP contribution >= 0.6 is 0 Å². The fourth-order valence-electron chi connectivity index (χ4n) is 0.624. The summed E-state index contributed by atoms with van der Waals surface area (Å²) in [6.45, 7) is 3.42. The Bertz CT molecular complexity index is 131. The van der Waals surface area contributed by atoms with Crippen LogP contribution in [0.25, 0.3) is 0 Å². The van der Waals surface area contributed by atoms with Gasteiger partial charge in [0.2, 0.25) is 0 Å². The summed E-state index contributed by atoms with van der Waals surface area (Å²) in [5.74, 6) is 0. The van der Waals surface area contributed by atoms with Crippen LogP contribution in [0.15, 0.2) is 17.4 Å². The van der Waals surface area contributed by atoms with E-state index in [4.69, 9.17) is 4.84 Å². The zero-order chi connectivity index (χ0) is 6.53. The minimum Gasteiger partial charge on any atom is -0.274 e. The molecule has 1 aliphatic heterocycles. The Morgan fingerprint density at radius 1 is 1.78 bits per heavy atom. The molecule has 0 atom stereocenters. The van der Waals surface area contributed by atoms with Crippen molar-refractivity contribution in [1.29, 1.82) is 0 Å². The molecule has 3 nitrogen and oxygen atoms in total. The summed E-state index contributed by atoms with van der Waals surface area (Å²) in [7, 11) is 0. The average molecular weight is 126 g/mol. The first-order valence-electron chi connectivity index (χ1n) is 3.01. The van der Waals surface area contributed by atoms with Gasteiger partial charge in [0.25, 0.3) is 0 Å². The average Bonchev–Trinajstić information content (AvgIpc) is 1.91. The van der Waals surface area contributed by atoms with Gasteiger partial charge in [-0.25, -0.2) is 0 Å². The minimum absolute atomic E-state index is 0.707. The summed E-state index contributed by atoms with van der Waals surface area (Å²) in [6.07, 6.45) is 5.32. The van der Waals surface area contributed by atoms with E-state index in [9.17, 15) is 0 Å². The maximum atomic E-state index is 5.14. The number of hydroxylamine groups is 2. The third-order valence-corrected chi connectivity index (χ3v) is 0.981. The molecule has 1 rings (SSSR count). The van der Waals surface area contributed by atoms with Crippen LogP contribution in [0.4, 0.5) is 0 Å². The lowest BCUT2D eigenvalue weighted by Crippen LogP contribution is -2.21. The Hall–Kier alpha value is -0.830. The monoisotopic (exact) mass is 126 g/mol. The second-order valence-electron chi connectivity index (χ2n) is 1.65. The Morgan fingerprint density at radius 2 is 2.67 bits per heavy atom. The molecular formula is C6H10N2O. The molecular weight excluding hydrogens is 116 g/mol. The van der Waals surface area contributed by atoms with Crippen molar-refractivity contribution in [2.75, 3.05) is 13.2 Å². The van der Waals surface area contributed by atoms with Gasteiger partial charge in [0.1, 0.15) is 0 Å². The second-order valence-corrected chi connectivity index (χ2v) is 1.65. The molecule has 1 heterocycles. The molecule has 50 valence electrons. The standard InChI is InChI=1S/C6H10N2O/c1-2-9-8-5-3-7-4-6-8/h3-5H,2,6H2,1H3. The maximum absolute atomic E-state index is 5.14. The predicted octanol–water partition coefficient (Wildman–Crippen LogP) is 0.795. The van der Waals surface area contributed by atoms with E-state index in [-0.39, 0.29) is 0 Å². The molecule has 0 aromatic carbocycles. The van der Waals surface area contributed by atoms with Crippen LogP contribution in [0.3, 0.4) is 0 Å². The minimum atomic E-state index is 0.707. The smallest absolute Gasteiger partial charge is 0.0802 e. The van der Waals surface area contributed by atoms with Crippen LogP contribution < -0.4 is 0 Å². The fraction of sp³-hybridized carbons (Fsp3) is 0.500. The first-order chi connectivity index (χ1) is 4.43. The van der Waals surface area contributed by atoms with Crippen LogP contribution in [0.5, 0.6) is 0 Å². The third kappa shape index (κ3) is 1.85. The molecule has 0 N–H and O–H groups in total. The Kier molecular flexibility index (Phi) is 2.27. The summed E-state index contributed by atoms with van der Waals surface area (Å²) in [4.78, 5) is 9.02. The van der Waals surface area contributed by atoms with E-state index in [1.54, 1.807) is 17.5 Å². The zero-order valence-electron chi connectivity index (χ0n) is 5.45. The lowest BCUT2D eigenvalue weighted by atomic mass is 10.6. The molecule has 0 aromatic rings. The van der Waals surface area contributed by atoms with Gasteiger partial charge < -0.3 is 0 Å². The fourth-order valence-corrected chi connectivity index (χ4v) is 0.624. The number of hydrogen-bond donors (Lipinski definition) is 0. The van der Waals surface area contributed by atoms with E-state index >= 15 is 0 Å². The van der Waals surface area contributed by atoms with Crippen LogP contribution in [0.1, 0.15) is 6.92 Å². The van der Waals surface area contributed by atoms with Crippen molar-refractivity contribution in [1.82, 2.24) is 5.06 Å². The van der Waals surface area contributed by atoms with Gasteiger partial charge >= 0.3 is 0 Å². The zero-order valence-corrected chi connectivity index (χ0v) is 5.45. The number of rotatable bonds is 2. The summed E-state index contributed by atoms with van der Waals surface area (Å²) in [5.41, 5.74) is 0. The Balaban J connectivity index is 2.28. The van der Waals surface area contributed by atoms with Crippen molar-refractivity contribution in [3.8, 4) is 0 Å².